The van der Waals surface area contributed by atoms with Crippen LogP contribution < -0.4 is 4.74 Å². The van der Waals surface area contributed by atoms with Gasteiger partial charge in [0.05, 0.1) is 18.2 Å². The Morgan fingerprint density at radius 2 is 1.70 bits per heavy atom. The molecule has 0 aliphatic carbocycles. The van der Waals surface area contributed by atoms with E-state index in [0.717, 1.165) is 22.2 Å². The van der Waals surface area contributed by atoms with Gasteiger partial charge in [-0.25, -0.2) is 9.18 Å². The van der Waals surface area contributed by atoms with Gasteiger partial charge in [-0.15, -0.1) is 6.58 Å². The zero-order valence-electron chi connectivity index (χ0n) is 16.5. The molecule has 0 saturated heterocycles. The molecule has 30 heavy (non-hydrogen) atoms. The summed E-state index contributed by atoms with van der Waals surface area (Å²) in [5.41, 5.74) is 3.35. The van der Waals surface area contributed by atoms with Gasteiger partial charge in [0.1, 0.15) is 17.3 Å². The summed E-state index contributed by atoms with van der Waals surface area (Å²) >= 11 is 0. The van der Waals surface area contributed by atoms with Crippen molar-refractivity contribution in [3.63, 3.8) is 0 Å². The largest absolute Gasteiger partial charge is 0.465 e. The highest BCUT2D eigenvalue weighted by molar-refractivity contribution is 6.05. The van der Waals surface area contributed by atoms with Gasteiger partial charge >= 0.3 is 5.97 Å². The Hall–Kier alpha value is -3.86. The van der Waals surface area contributed by atoms with Crippen LogP contribution in [0.3, 0.4) is 0 Å². The molecule has 4 nitrogen and oxygen atoms in total. The fourth-order valence-electron chi connectivity index (χ4n) is 3.49. The van der Waals surface area contributed by atoms with E-state index in [2.05, 4.69) is 6.58 Å². The maximum Gasteiger partial charge on any atom is 0.338 e. The summed E-state index contributed by atoms with van der Waals surface area (Å²) in [6.45, 7) is 3.83. The fourth-order valence-corrected chi connectivity index (χ4v) is 3.49. The number of esters is 1. The first-order valence-corrected chi connectivity index (χ1v) is 9.46. The number of nitrogens with zero attached hydrogens (tertiary/aromatic N) is 1. The molecule has 0 radical (unpaired) electrons. The van der Waals surface area contributed by atoms with Crippen molar-refractivity contribution in [2.24, 2.45) is 0 Å². The van der Waals surface area contributed by atoms with Crippen molar-refractivity contribution in [2.45, 2.75) is 6.42 Å². The number of benzene rings is 3. The molecule has 0 aliphatic rings. The molecule has 0 unspecified atom stereocenters. The van der Waals surface area contributed by atoms with Crippen LogP contribution in [0.25, 0.3) is 16.6 Å². The average molecular weight is 401 g/mol. The van der Waals surface area contributed by atoms with Crippen LogP contribution in [0.2, 0.25) is 0 Å². The third-order valence-corrected chi connectivity index (χ3v) is 4.84. The number of allylic oxidation sites excluding steroid dienone is 1. The standard InChI is InChI=1S/C25H20FNO3/c1-3-5-17-16-27(23-7-4-6-22(24(17)23)25(28)29-2)19-10-14-21(15-11-19)30-20-12-8-18(26)9-13-20/h3-4,6-16H,1,5H2,2H3. The smallest absolute Gasteiger partial charge is 0.338 e. The molecular formula is C25H20FNO3. The van der Waals surface area contributed by atoms with Crippen molar-refractivity contribution < 1.29 is 18.7 Å². The molecule has 5 heteroatoms. The van der Waals surface area contributed by atoms with Gasteiger partial charge in [-0.1, -0.05) is 12.1 Å². The molecule has 0 spiro atoms. The number of hydrogen-bond donors (Lipinski definition) is 0. The third kappa shape index (κ3) is 3.70. The Morgan fingerprint density at radius 3 is 2.33 bits per heavy atom. The quantitative estimate of drug-likeness (QED) is 0.290. The number of carbonyl (C=O) groups is 1. The lowest BCUT2D eigenvalue weighted by molar-refractivity contribution is 0.0603. The predicted molar refractivity (Wildman–Crippen MR) is 115 cm³/mol. The van der Waals surface area contributed by atoms with Gasteiger partial charge in [-0.05, 0) is 72.6 Å². The number of rotatable bonds is 6. The minimum atomic E-state index is -0.369. The molecule has 0 aliphatic heterocycles. The van der Waals surface area contributed by atoms with Gasteiger partial charge in [0.2, 0.25) is 0 Å². The number of halogens is 1. The molecule has 4 rings (SSSR count). The Labute approximate surface area is 173 Å². The second kappa shape index (κ2) is 8.25. The normalized spacial score (nSPS) is 10.7. The zero-order chi connectivity index (χ0) is 21.1. The number of hydrogen-bond acceptors (Lipinski definition) is 3. The minimum Gasteiger partial charge on any atom is -0.465 e. The molecular weight excluding hydrogens is 381 g/mol. The second-order valence-corrected chi connectivity index (χ2v) is 6.76. The van der Waals surface area contributed by atoms with E-state index < -0.39 is 0 Å². The first kappa shape index (κ1) is 19.5. The Kier molecular flexibility index (Phi) is 5.35. The van der Waals surface area contributed by atoms with E-state index >= 15 is 0 Å². The first-order chi connectivity index (χ1) is 14.6. The van der Waals surface area contributed by atoms with Crippen molar-refractivity contribution in [3.05, 3.63) is 103 Å². The third-order valence-electron chi connectivity index (χ3n) is 4.84. The molecule has 0 amide bonds. The van der Waals surface area contributed by atoms with Crippen molar-refractivity contribution >= 4 is 16.9 Å². The Morgan fingerprint density at radius 1 is 1.03 bits per heavy atom. The molecule has 150 valence electrons. The number of aromatic nitrogens is 1. The van der Waals surface area contributed by atoms with Crippen molar-refractivity contribution in [1.29, 1.82) is 0 Å². The van der Waals surface area contributed by atoms with Crippen molar-refractivity contribution in [2.75, 3.05) is 7.11 Å². The zero-order valence-corrected chi connectivity index (χ0v) is 16.5. The lowest BCUT2D eigenvalue weighted by Gasteiger charge is -2.09. The van der Waals surface area contributed by atoms with Crippen molar-refractivity contribution in [3.8, 4) is 17.2 Å². The number of fused-ring (bicyclic) bond motifs is 1. The van der Waals surface area contributed by atoms with E-state index in [-0.39, 0.29) is 11.8 Å². The maximum atomic E-state index is 13.1. The summed E-state index contributed by atoms with van der Waals surface area (Å²) in [5.74, 6) is 0.528. The van der Waals surface area contributed by atoms with Gasteiger partial charge in [-0.3, -0.25) is 0 Å². The minimum absolute atomic E-state index is 0.307. The van der Waals surface area contributed by atoms with E-state index in [9.17, 15) is 9.18 Å². The second-order valence-electron chi connectivity index (χ2n) is 6.76. The Bertz CT molecular complexity index is 1210. The fraction of sp³-hybridized carbons (Fsp3) is 0.0800. The van der Waals surface area contributed by atoms with Gasteiger partial charge in [0.25, 0.3) is 0 Å². The molecule has 0 fully saturated rings. The summed E-state index contributed by atoms with van der Waals surface area (Å²) < 4.78 is 25.8. The van der Waals surface area contributed by atoms with Crippen LogP contribution in [0.4, 0.5) is 4.39 Å². The molecule has 4 aromatic rings. The average Bonchev–Trinajstić information content (AvgIpc) is 3.14. The lowest BCUT2D eigenvalue weighted by atomic mass is 10.0. The van der Waals surface area contributed by atoms with Crippen molar-refractivity contribution in [1.82, 2.24) is 4.57 Å². The topological polar surface area (TPSA) is 40.5 Å². The van der Waals surface area contributed by atoms with E-state index in [1.54, 1.807) is 18.2 Å². The van der Waals surface area contributed by atoms with Crippen LogP contribution in [0.5, 0.6) is 11.5 Å². The molecule has 0 saturated carbocycles. The maximum absolute atomic E-state index is 13.1. The SMILES string of the molecule is C=CCc1cn(-c2ccc(Oc3ccc(F)cc3)cc2)c2cccc(C(=O)OC)c12. The molecule has 1 aromatic heterocycles. The first-order valence-electron chi connectivity index (χ1n) is 9.46. The van der Waals surface area contributed by atoms with Gasteiger partial charge in [0, 0.05) is 17.3 Å². The highest BCUT2D eigenvalue weighted by Gasteiger charge is 2.17. The van der Waals surface area contributed by atoms with Crippen LogP contribution in [0, 0.1) is 5.82 Å². The summed E-state index contributed by atoms with van der Waals surface area (Å²) in [6, 6.07) is 19.0. The summed E-state index contributed by atoms with van der Waals surface area (Å²) in [6.07, 6.45) is 4.45. The van der Waals surface area contributed by atoms with Gasteiger partial charge < -0.3 is 14.0 Å². The van der Waals surface area contributed by atoms with Crippen LogP contribution in [0.15, 0.2) is 85.6 Å². The molecule has 0 bridgehead atoms. The van der Waals surface area contributed by atoms with Crippen LogP contribution in [0.1, 0.15) is 15.9 Å². The number of carbonyl (C=O) groups excluding carboxylic acids is 1. The summed E-state index contributed by atoms with van der Waals surface area (Å²) in [4.78, 5) is 12.3. The molecule has 1 heterocycles. The van der Waals surface area contributed by atoms with Crippen LogP contribution in [-0.4, -0.2) is 17.6 Å². The van der Waals surface area contributed by atoms with Crippen LogP contribution >= 0.6 is 0 Å². The monoisotopic (exact) mass is 401 g/mol. The van der Waals surface area contributed by atoms with E-state index in [1.165, 1.54) is 19.2 Å². The van der Waals surface area contributed by atoms with E-state index in [0.29, 0.717) is 23.5 Å². The van der Waals surface area contributed by atoms with Crippen LogP contribution in [-0.2, 0) is 11.2 Å². The predicted octanol–water partition coefficient (Wildman–Crippen LogP) is 6.08. The van der Waals surface area contributed by atoms with Gasteiger partial charge in [0.15, 0.2) is 0 Å². The number of ether oxygens (including phenoxy) is 2. The molecule has 3 aromatic carbocycles. The number of methoxy groups -OCH3 is 1. The van der Waals surface area contributed by atoms with E-state index in [4.69, 9.17) is 9.47 Å². The summed E-state index contributed by atoms with van der Waals surface area (Å²) in [7, 11) is 1.38. The highest BCUT2D eigenvalue weighted by Crippen LogP contribution is 2.30. The molecule has 0 atom stereocenters. The molecule has 0 N–H and O–H groups in total. The highest BCUT2D eigenvalue weighted by atomic mass is 19.1. The lowest BCUT2D eigenvalue weighted by Crippen LogP contribution is -2.02. The van der Waals surface area contributed by atoms with E-state index in [1.807, 2.05) is 53.2 Å². The summed E-state index contributed by atoms with van der Waals surface area (Å²) in [5, 5.41) is 0.857. The Balaban J connectivity index is 1.73. The van der Waals surface area contributed by atoms with Gasteiger partial charge in [-0.2, -0.15) is 0 Å².